The molecule has 0 aliphatic carbocycles. The molecular formula is C12H12Cl2N2S. The van der Waals surface area contributed by atoms with Crippen molar-refractivity contribution in [2.75, 3.05) is 6.54 Å². The fourth-order valence-electron chi connectivity index (χ4n) is 1.46. The molecule has 0 saturated heterocycles. The molecule has 1 heterocycles. The Morgan fingerprint density at radius 2 is 2.00 bits per heavy atom. The summed E-state index contributed by atoms with van der Waals surface area (Å²) in [6, 6.07) is 5.49. The Morgan fingerprint density at radius 3 is 2.65 bits per heavy atom. The Morgan fingerprint density at radius 1 is 1.29 bits per heavy atom. The molecule has 17 heavy (non-hydrogen) atoms. The average Bonchev–Trinajstić information content (AvgIpc) is 2.75. The van der Waals surface area contributed by atoms with Crippen LogP contribution in [-0.2, 0) is 6.54 Å². The molecule has 1 N–H and O–H groups in total. The lowest BCUT2D eigenvalue weighted by molar-refractivity contribution is 0.734. The molecule has 2 rings (SSSR count). The van der Waals surface area contributed by atoms with Crippen LogP contribution in [0, 0.1) is 0 Å². The minimum atomic E-state index is 0.641. The zero-order valence-electron chi connectivity index (χ0n) is 9.34. The van der Waals surface area contributed by atoms with Gasteiger partial charge in [-0.1, -0.05) is 36.2 Å². The summed E-state index contributed by atoms with van der Waals surface area (Å²) >= 11 is 13.9. The van der Waals surface area contributed by atoms with E-state index in [1.807, 2.05) is 24.4 Å². The molecule has 0 amide bonds. The minimum absolute atomic E-state index is 0.641. The molecule has 1 aromatic heterocycles. The number of rotatable bonds is 4. The van der Waals surface area contributed by atoms with E-state index >= 15 is 0 Å². The number of halogens is 2. The van der Waals surface area contributed by atoms with Crippen LogP contribution < -0.4 is 5.32 Å². The zero-order chi connectivity index (χ0) is 12.3. The maximum absolute atomic E-state index is 6.14. The Bertz CT molecular complexity index is 491. The lowest BCUT2D eigenvalue weighted by Crippen LogP contribution is -2.10. The Labute approximate surface area is 115 Å². The van der Waals surface area contributed by atoms with Crippen LogP contribution in [0.3, 0.4) is 0 Å². The molecule has 2 nitrogen and oxygen atoms in total. The van der Waals surface area contributed by atoms with Gasteiger partial charge >= 0.3 is 0 Å². The molecule has 2 aromatic rings. The molecular weight excluding hydrogens is 275 g/mol. The van der Waals surface area contributed by atoms with E-state index in [0.717, 1.165) is 23.7 Å². The normalized spacial score (nSPS) is 10.8. The highest BCUT2D eigenvalue weighted by atomic mass is 35.5. The molecule has 1 aromatic carbocycles. The lowest BCUT2D eigenvalue weighted by Gasteiger charge is -2.02. The first-order chi connectivity index (χ1) is 8.22. The van der Waals surface area contributed by atoms with Crippen molar-refractivity contribution in [3.8, 4) is 10.6 Å². The number of nitrogens with zero attached hydrogens (tertiary/aromatic N) is 1. The molecule has 0 saturated carbocycles. The summed E-state index contributed by atoms with van der Waals surface area (Å²) in [7, 11) is 0. The van der Waals surface area contributed by atoms with Crippen LogP contribution in [0.2, 0.25) is 10.0 Å². The van der Waals surface area contributed by atoms with Gasteiger partial charge < -0.3 is 5.32 Å². The van der Waals surface area contributed by atoms with E-state index in [0.29, 0.717) is 10.0 Å². The summed E-state index contributed by atoms with van der Waals surface area (Å²) in [4.78, 5) is 5.55. The first-order valence-corrected chi connectivity index (χ1v) is 6.89. The van der Waals surface area contributed by atoms with E-state index in [4.69, 9.17) is 23.2 Å². The van der Waals surface area contributed by atoms with Crippen molar-refractivity contribution in [1.29, 1.82) is 0 Å². The van der Waals surface area contributed by atoms with Gasteiger partial charge in [0.25, 0.3) is 0 Å². The standard InChI is InChI=1S/C12H12Cl2N2S/c1-2-15-6-8-7-16-12(17-8)11-9(13)4-3-5-10(11)14/h3-5,7,15H,2,6H2,1H3. The van der Waals surface area contributed by atoms with E-state index < -0.39 is 0 Å². The van der Waals surface area contributed by atoms with Crippen molar-refractivity contribution in [2.45, 2.75) is 13.5 Å². The maximum Gasteiger partial charge on any atom is 0.126 e. The number of benzene rings is 1. The SMILES string of the molecule is CCNCc1cnc(-c2c(Cl)cccc2Cl)s1. The minimum Gasteiger partial charge on any atom is -0.312 e. The Hall–Kier alpha value is -0.610. The third-order valence-electron chi connectivity index (χ3n) is 2.28. The largest absolute Gasteiger partial charge is 0.312 e. The van der Waals surface area contributed by atoms with Gasteiger partial charge in [-0.05, 0) is 18.7 Å². The van der Waals surface area contributed by atoms with E-state index in [1.165, 1.54) is 4.88 Å². The highest BCUT2D eigenvalue weighted by Crippen LogP contribution is 2.36. The van der Waals surface area contributed by atoms with Crippen molar-refractivity contribution in [3.05, 3.63) is 39.3 Å². The van der Waals surface area contributed by atoms with Gasteiger partial charge in [0, 0.05) is 23.2 Å². The van der Waals surface area contributed by atoms with Gasteiger partial charge in [-0.15, -0.1) is 11.3 Å². The van der Waals surface area contributed by atoms with Crippen molar-refractivity contribution in [1.82, 2.24) is 10.3 Å². The van der Waals surface area contributed by atoms with Gasteiger partial charge in [0.2, 0.25) is 0 Å². The van der Waals surface area contributed by atoms with Crippen molar-refractivity contribution in [2.24, 2.45) is 0 Å². The third-order valence-corrected chi connectivity index (χ3v) is 3.92. The molecule has 0 radical (unpaired) electrons. The number of hydrogen-bond donors (Lipinski definition) is 1. The Kier molecular flexibility index (Phi) is 4.40. The van der Waals surface area contributed by atoms with Crippen LogP contribution in [-0.4, -0.2) is 11.5 Å². The van der Waals surface area contributed by atoms with Crippen LogP contribution in [0.5, 0.6) is 0 Å². The van der Waals surface area contributed by atoms with E-state index in [1.54, 1.807) is 11.3 Å². The summed E-state index contributed by atoms with van der Waals surface area (Å²) < 4.78 is 0. The quantitative estimate of drug-likeness (QED) is 0.910. The van der Waals surface area contributed by atoms with Crippen molar-refractivity contribution in [3.63, 3.8) is 0 Å². The maximum atomic E-state index is 6.14. The second-order valence-electron chi connectivity index (χ2n) is 3.51. The molecule has 0 atom stereocenters. The van der Waals surface area contributed by atoms with Crippen LogP contribution in [0.15, 0.2) is 24.4 Å². The summed E-state index contributed by atoms with van der Waals surface area (Å²) in [5.74, 6) is 0. The van der Waals surface area contributed by atoms with Gasteiger partial charge in [0.05, 0.1) is 10.0 Å². The highest BCUT2D eigenvalue weighted by Gasteiger charge is 2.12. The Balaban J connectivity index is 2.30. The third kappa shape index (κ3) is 2.99. The molecule has 0 unspecified atom stereocenters. The fourth-order valence-corrected chi connectivity index (χ4v) is 3.10. The van der Waals surface area contributed by atoms with Crippen LogP contribution in [0.25, 0.3) is 10.6 Å². The predicted octanol–water partition coefficient (Wildman–Crippen LogP) is 4.23. The molecule has 90 valence electrons. The van der Waals surface area contributed by atoms with Gasteiger partial charge in [-0.25, -0.2) is 4.98 Å². The van der Waals surface area contributed by atoms with Crippen molar-refractivity contribution < 1.29 is 0 Å². The number of nitrogens with one attached hydrogen (secondary N) is 1. The summed E-state index contributed by atoms with van der Waals surface area (Å²) in [6.07, 6.45) is 1.86. The summed E-state index contributed by atoms with van der Waals surface area (Å²) in [5, 5.41) is 5.41. The topological polar surface area (TPSA) is 24.9 Å². The zero-order valence-corrected chi connectivity index (χ0v) is 11.7. The van der Waals surface area contributed by atoms with Crippen LogP contribution in [0.1, 0.15) is 11.8 Å². The highest BCUT2D eigenvalue weighted by molar-refractivity contribution is 7.15. The molecule has 0 spiro atoms. The first-order valence-electron chi connectivity index (χ1n) is 5.32. The molecule has 5 heteroatoms. The average molecular weight is 287 g/mol. The second-order valence-corrected chi connectivity index (χ2v) is 5.44. The number of aromatic nitrogens is 1. The fraction of sp³-hybridized carbons (Fsp3) is 0.250. The van der Waals surface area contributed by atoms with Crippen LogP contribution >= 0.6 is 34.5 Å². The lowest BCUT2D eigenvalue weighted by atomic mass is 10.2. The van der Waals surface area contributed by atoms with Gasteiger partial charge in [0.15, 0.2) is 0 Å². The number of thiazole rings is 1. The monoisotopic (exact) mass is 286 g/mol. The molecule has 0 aliphatic heterocycles. The smallest absolute Gasteiger partial charge is 0.126 e. The second kappa shape index (κ2) is 5.83. The van der Waals surface area contributed by atoms with E-state index in [2.05, 4.69) is 17.2 Å². The first kappa shape index (κ1) is 12.8. The van der Waals surface area contributed by atoms with Gasteiger partial charge in [-0.3, -0.25) is 0 Å². The van der Waals surface area contributed by atoms with Crippen LogP contribution in [0.4, 0.5) is 0 Å². The number of hydrogen-bond acceptors (Lipinski definition) is 3. The van der Waals surface area contributed by atoms with E-state index in [9.17, 15) is 0 Å². The van der Waals surface area contributed by atoms with Crippen molar-refractivity contribution >= 4 is 34.5 Å². The molecule has 0 aliphatic rings. The molecule has 0 fully saturated rings. The summed E-state index contributed by atoms with van der Waals surface area (Å²) in [5.41, 5.74) is 0.823. The predicted molar refractivity (Wildman–Crippen MR) is 75.0 cm³/mol. The molecule has 0 bridgehead atoms. The van der Waals surface area contributed by atoms with E-state index in [-0.39, 0.29) is 0 Å². The van der Waals surface area contributed by atoms with Gasteiger partial charge in [0.1, 0.15) is 5.01 Å². The summed E-state index contributed by atoms with van der Waals surface area (Å²) in [6.45, 7) is 3.85. The van der Waals surface area contributed by atoms with Gasteiger partial charge in [-0.2, -0.15) is 0 Å².